The number of nitrogens with zero attached hydrogens (tertiary/aromatic N) is 1. The van der Waals surface area contributed by atoms with Crippen molar-refractivity contribution >= 4 is 21.4 Å². The van der Waals surface area contributed by atoms with Gasteiger partial charge >= 0.3 is 11.9 Å². The number of halogens is 3. The molecular weight excluding hydrogens is 289 g/mol. The Morgan fingerprint density at radius 3 is 2.75 bits per heavy atom. The molecule has 3 nitrogen and oxygen atoms in total. The molecule has 0 fully saturated rings. The average Bonchev–Trinajstić information content (AvgIpc) is 2.84. The lowest BCUT2D eigenvalue weighted by Gasteiger charge is -2.08. The molecule has 1 N–H and O–H groups in total. The topological polar surface area (TPSA) is 45.8 Å². The lowest BCUT2D eigenvalue weighted by molar-refractivity contribution is -0.141. The molecule has 0 unspecified atom stereocenters. The van der Waals surface area contributed by atoms with Crippen molar-refractivity contribution in [3.8, 4) is 11.3 Å². The standard InChI is InChI=1S/C13H7F3N2OS/c14-13(15,16)10-6-9(17-12(19)18-10)8-3-1-2-7-4-5-20-11(7)8/h1-6H,(H,17,18,19). The Morgan fingerprint density at radius 2 is 2.00 bits per heavy atom. The van der Waals surface area contributed by atoms with Crippen LogP contribution in [0.25, 0.3) is 21.3 Å². The van der Waals surface area contributed by atoms with Gasteiger partial charge in [-0.25, -0.2) is 4.79 Å². The Kier molecular flexibility index (Phi) is 2.86. The van der Waals surface area contributed by atoms with Crippen LogP contribution in [0, 0.1) is 0 Å². The van der Waals surface area contributed by atoms with E-state index in [0.717, 1.165) is 16.2 Å². The van der Waals surface area contributed by atoms with Gasteiger partial charge in [0.1, 0.15) is 5.69 Å². The van der Waals surface area contributed by atoms with Crippen molar-refractivity contribution in [3.63, 3.8) is 0 Å². The predicted octanol–water partition coefficient (Wildman–Crippen LogP) is 3.67. The molecule has 0 aliphatic heterocycles. The molecule has 102 valence electrons. The van der Waals surface area contributed by atoms with Gasteiger partial charge in [-0.1, -0.05) is 18.2 Å². The van der Waals surface area contributed by atoms with Gasteiger partial charge in [0.05, 0.1) is 5.69 Å². The quantitative estimate of drug-likeness (QED) is 0.744. The summed E-state index contributed by atoms with van der Waals surface area (Å²) in [6, 6.07) is 7.95. The molecule has 0 saturated carbocycles. The highest BCUT2D eigenvalue weighted by molar-refractivity contribution is 7.17. The van der Waals surface area contributed by atoms with E-state index in [1.807, 2.05) is 17.5 Å². The average molecular weight is 296 g/mol. The SMILES string of the molecule is O=c1nc(-c2cccc3ccsc23)cc(C(F)(F)F)[nH]1. The molecule has 0 aliphatic carbocycles. The van der Waals surface area contributed by atoms with Crippen LogP contribution in [0.5, 0.6) is 0 Å². The monoisotopic (exact) mass is 296 g/mol. The van der Waals surface area contributed by atoms with E-state index >= 15 is 0 Å². The smallest absolute Gasteiger partial charge is 0.302 e. The Labute approximate surface area is 114 Å². The lowest BCUT2D eigenvalue weighted by Crippen LogP contribution is -2.19. The van der Waals surface area contributed by atoms with Gasteiger partial charge in [-0.3, -0.25) is 0 Å². The number of aromatic nitrogens is 2. The van der Waals surface area contributed by atoms with Crippen molar-refractivity contribution in [1.29, 1.82) is 0 Å². The number of hydrogen-bond acceptors (Lipinski definition) is 3. The van der Waals surface area contributed by atoms with Crippen molar-refractivity contribution in [2.45, 2.75) is 6.18 Å². The van der Waals surface area contributed by atoms with Gasteiger partial charge in [-0.05, 0) is 22.9 Å². The number of thiophene rings is 1. The van der Waals surface area contributed by atoms with Crippen molar-refractivity contribution in [1.82, 2.24) is 9.97 Å². The molecule has 0 aliphatic rings. The summed E-state index contributed by atoms with van der Waals surface area (Å²) in [5.41, 5.74) is -1.56. The molecule has 1 aromatic carbocycles. The fourth-order valence-electron chi connectivity index (χ4n) is 1.94. The third kappa shape index (κ3) is 2.20. The Bertz CT molecular complexity index is 835. The van der Waals surface area contributed by atoms with Crippen LogP contribution in [0.4, 0.5) is 13.2 Å². The number of H-pyrrole nitrogens is 1. The van der Waals surface area contributed by atoms with Crippen LogP contribution < -0.4 is 5.69 Å². The summed E-state index contributed by atoms with van der Waals surface area (Å²) in [6.45, 7) is 0. The molecule has 0 amide bonds. The first kappa shape index (κ1) is 12.9. The zero-order chi connectivity index (χ0) is 14.3. The highest BCUT2D eigenvalue weighted by Crippen LogP contribution is 2.33. The largest absolute Gasteiger partial charge is 0.431 e. The Balaban J connectivity index is 2.27. The molecule has 3 rings (SSSR count). The molecule has 3 aromatic rings. The molecule has 7 heteroatoms. The van der Waals surface area contributed by atoms with Crippen molar-refractivity contribution in [2.24, 2.45) is 0 Å². The Morgan fingerprint density at radius 1 is 1.20 bits per heavy atom. The minimum Gasteiger partial charge on any atom is -0.302 e. The lowest BCUT2D eigenvalue weighted by atomic mass is 10.1. The van der Waals surface area contributed by atoms with Crippen molar-refractivity contribution in [2.75, 3.05) is 0 Å². The van der Waals surface area contributed by atoms with Crippen LogP contribution in [-0.2, 0) is 6.18 Å². The minimum atomic E-state index is -4.61. The van der Waals surface area contributed by atoms with Crippen LogP contribution in [-0.4, -0.2) is 9.97 Å². The van der Waals surface area contributed by atoms with Crippen LogP contribution >= 0.6 is 11.3 Å². The molecule has 0 bridgehead atoms. The molecule has 0 radical (unpaired) electrons. The first-order valence-corrected chi connectivity index (χ1v) is 6.48. The van der Waals surface area contributed by atoms with E-state index in [-0.39, 0.29) is 5.69 Å². The van der Waals surface area contributed by atoms with E-state index in [9.17, 15) is 18.0 Å². The van der Waals surface area contributed by atoms with Crippen LogP contribution in [0.3, 0.4) is 0 Å². The first-order chi connectivity index (χ1) is 9.45. The highest BCUT2D eigenvalue weighted by atomic mass is 32.1. The van der Waals surface area contributed by atoms with Crippen LogP contribution in [0.15, 0.2) is 40.5 Å². The molecule has 2 aromatic heterocycles. The van der Waals surface area contributed by atoms with E-state index < -0.39 is 17.6 Å². The Hall–Kier alpha value is -2.15. The maximum Gasteiger partial charge on any atom is 0.431 e. The van der Waals surface area contributed by atoms with E-state index in [1.165, 1.54) is 11.3 Å². The van der Waals surface area contributed by atoms with E-state index in [0.29, 0.717) is 5.56 Å². The second-order valence-electron chi connectivity index (χ2n) is 4.13. The van der Waals surface area contributed by atoms with Crippen LogP contribution in [0.2, 0.25) is 0 Å². The second-order valence-corrected chi connectivity index (χ2v) is 5.04. The number of alkyl halides is 3. The zero-order valence-electron chi connectivity index (χ0n) is 9.86. The van der Waals surface area contributed by atoms with E-state index in [1.54, 1.807) is 17.1 Å². The third-order valence-electron chi connectivity index (χ3n) is 2.80. The van der Waals surface area contributed by atoms with E-state index in [2.05, 4.69) is 4.98 Å². The molecule has 0 saturated heterocycles. The summed E-state index contributed by atoms with van der Waals surface area (Å²) in [7, 11) is 0. The number of benzene rings is 1. The van der Waals surface area contributed by atoms with Gasteiger partial charge in [-0.15, -0.1) is 11.3 Å². The summed E-state index contributed by atoms with van der Waals surface area (Å²) in [4.78, 5) is 16.7. The van der Waals surface area contributed by atoms with Gasteiger partial charge < -0.3 is 4.98 Å². The normalized spacial score (nSPS) is 11.9. The molecular formula is C13H7F3N2OS. The number of aromatic amines is 1. The summed E-state index contributed by atoms with van der Waals surface area (Å²) < 4.78 is 39.0. The van der Waals surface area contributed by atoms with Crippen molar-refractivity contribution < 1.29 is 13.2 Å². The molecule has 0 spiro atoms. The maximum atomic E-state index is 12.7. The second kappa shape index (κ2) is 4.45. The first-order valence-electron chi connectivity index (χ1n) is 5.60. The summed E-state index contributed by atoms with van der Waals surface area (Å²) in [5.74, 6) is 0. The summed E-state index contributed by atoms with van der Waals surface area (Å²) in [6.07, 6.45) is -4.61. The fourth-order valence-corrected chi connectivity index (χ4v) is 2.87. The van der Waals surface area contributed by atoms with Gasteiger partial charge in [0.15, 0.2) is 0 Å². The number of fused-ring (bicyclic) bond motifs is 1. The van der Waals surface area contributed by atoms with Gasteiger partial charge in [-0.2, -0.15) is 18.2 Å². The number of hydrogen-bond donors (Lipinski definition) is 1. The predicted molar refractivity (Wildman–Crippen MR) is 70.7 cm³/mol. The molecule has 2 heterocycles. The molecule has 0 atom stereocenters. The molecule has 20 heavy (non-hydrogen) atoms. The van der Waals surface area contributed by atoms with Gasteiger partial charge in [0.25, 0.3) is 0 Å². The van der Waals surface area contributed by atoms with Gasteiger partial charge in [0, 0.05) is 10.3 Å². The van der Waals surface area contributed by atoms with Gasteiger partial charge in [0.2, 0.25) is 0 Å². The maximum absolute atomic E-state index is 12.7. The highest BCUT2D eigenvalue weighted by Gasteiger charge is 2.32. The number of nitrogens with one attached hydrogen (secondary N) is 1. The van der Waals surface area contributed by atoms with Crippen molar-refractivity contribution in [3.05, 3.63) is 51.9 Å². The fraction of sp³-hybridized carbons (Fsp3) is 0.0769. The zero-order valence-corrected chi connectivity index (χ0v) is 10.7. The summed E-state index contributed by atoms with van der Waals surface area (Å²) in [5, 5.41) is 2.74. The minimum absolute atomic E-state index is 0.0223. The third-order valence-corrected chi connectivity index (χ3v) is 3.77. The number of rotatable bonds is 1. The van der Waals surface area contributed by atoms with Crippen LogP contribution in [0.1, 0.15) is 5.69 Å². The van der Waals surface area contributed by atoms with E-state index in [4.69, 9.17) is 0 Å². The summed E-state index contributed by atoms with van der Waals surface area (Å²) >= 11 is 1.39.